The zero-order valence-electron chi connectivity index (χ0n) is 15.1. The number of aryl methyl sites for hydroxylation is 1. The number of hydrogen-bond donors (Lipinski definition) is 0. The molecule has 3 aromatic carbocycles. The van der Waals surface area contributed by atoms with E-state index in [-0.39, 0.29) is 11.3 Å². The topological polar surface area (TPSA) is 20.3 Å². The lowest BCUT2D eigenvalue weighted by Crippen LogP contribution is -2.27. The van der Waals surface area contributed by atoms with Gasteiger partial charge in [0.15, 0.2) is 0 Å². The highest BCUT2D eigenvalue weighted by Crippen LogP contribution is 2.48. The van der Waals surface area contributed by atoms with E-state index in [0.717, 1.165) is 22.4 Å². The van der Waals surface area contributed by atoms with Gasteiger partial charge in [-0.25, -0.2) is 0 Å². The second-order valence-electron chi connectivity index (χ2n) is 6.59. The average Bonchev–Trinajstić information content (AvgIpc) is 3.01. The lowest BCUT2D eigenvalue weighted by Gasteiger charge is -2.24. The zero-order chi connectivity index (χ0) is 19.7. The molecule has 1 aliphatic heterocycles. The van der Waals surface area contributed by atoms with Crippen LogP contribution in [-0.2, 0) is 4.79 Å². The van der Waals surface area contributed by atoms with E-state index >= 15 is 0 Å². The van der Waals surface area contributed by atoms with Crippen molar-refractivity contribution in [2.24, 2.45) is 0 Å². The molecule has 2 nitrogen and oxygen atoms in total. The minimum absolute atomic E-state index is 0.0104. The zero-order valence-corrected chi connectivity index (χ0v) is 17.4. The molecule has 140 valence electrons. The number of amides is 1. The molecule has 1 saturated heterocycles. The Labute approximate surface area is 178 Å². The van der Waals surface area contributed by atoms with Crippen molar-refractivity contribution in [1.82, 2.24) is 0 Å². The molecule has 0 radical (unpaired) electrons. The molecule has 1 amide bonds. The summed E-state index contributed by atoms with van der Waals surface area (Å²) >= 11 is 13.6. The van der Waals surface area contributed by atoms with E-state index in [1.54, 1.807) is 11.8 Å². The molecule has 0 spiro atoms. The fraction of sp³-hybridized carbons (Fsp3) is 0.0870. The summed E-state index contributed by atoms with van der Waals surface area (Å²) in [6.07, 6.45) is 1.92. The summed E-state index contributed by atoms with van der Waals surface area (Å²) in [6.45, 7) is 2.03. The highest BCUT2D eigenvalue weighted by molar-refractivity contribution is 8.05. The van der Waals surface area contributed by atoms with Crippen LogP contribution in [0.4, 0.5) is 5.69 Å². The van der Waals surface area contributed by atoms with Gasteiger partial charge < -0.3 is 0 Å². The van der Waals surface area contributed by atoms with Crippen molar-refractivity contribution in [2.45, 2.75) is 12.3 Å². The van der Waals surface area contributed by atoms with E-state index in [2.05, 4.69) is 0 Å². The number of halogens is 2. The van der Waals surface area contributed by atoms with Crippen molar-refractivity contribution >= 4 is 52.6 Å². The van der Waals surface area contributed by atoms with Crippen LogP contribution in [0.15, 0.2) is 77.7 Å². The molecule has 0 aromatic heterocycles. The van der Waals surface area contributed by atoms with E-state index < -0.39 is 0 Å². The molecular formula is C23H17Cl2NOS. The first-order valence-corrected chi connectivity index (χ1v) is 10.4. The molecule has 5 heteroatoms. The van der Waals surface area contributed by atoms with E-state index in [0.29, 0.717) is 15.0 Å². The van der Waals surface area contributed by atoms with Gasteiger partial charge in [-0.2, -0.15) is 0 Å². The minimum Gasteiger partial charge on any atom is -0.291 e. The maximum absolute atomic E-state index is 13.3. The second-order valence-corrected chi connectivity index (χ2v) is 8.59. The average molecular weight is 426 g/mol. The SMILES string of the molecule is Cc1ccc(N2C(=O)/C(=C\c3ccc(Cl)cc3)SC2c2ccc(Cl)cc2)cc1. The first-order valence-electron chi connectivity index (χ1n) is 8.81. The fourth-order valence-corrected chi connectivity index (χ4v) is 4.57. The summed E-state index contributed by atoms with van der Waals surface area (Å²) in [7, 11) is 0. The lowest BCUT2D eigenvalue weighted by molar-refractivity contribution is -0.114. The smallest absolute Gasteiger partial charge is 0.266 e. The Morgan fingerprint density at radius 3 is 2.04 bits per heavy atom. The van der Waals surface area contributed by atoms with Crippen molar-refractivity contribution in [3.63, 3.8) is 0 Å². The van der Waals surface area contributed by atoms with Gasteiger partial charge in [0.05, 0.1) is 4.91 Å². The van der Waals surface area contributed by atoms with Gasteiger partial charge in [-0.15, -0.1) is 0 Å². The summed E-state index contributed by atoms with van der Waals surface area (Å²) in [4.78, 5) is 15.8. The van der Waals surface area contributed by atoms with Crippen LogP contribution in [0.5, 0.6) is 0 Å². The number of anilines is 1. The predicted octanol–water partition coefficient (Wildman–Crippen LogP) is 7.12. The third-order valence-corrected chi connectivity index (χ3v) is 6.29. The van der Waals surface area contributed by atoms with Crippen LogP contribution in [-0.4, -0.2) is 5.91 Å². The molecule has 1 aliphatic rings. The van der Waals surface area contributed by atoms with Crippen LogP contribution in [0, 0.1) is 6.92 Å². The Kier molecular flexibility index (Phi) is 5.49. The molecular weight excluding hydrogens is 409 g/mol. The number of carbonyl (C=O) groups is 1. The summed E-state index contributed by atoms with van der Waals surface area (Å²) in [5.74, 6) is -0.0104. The van der Waals surface area contributed by atoms with Gasteiger partial charge in [-0.05, 0) is 60.5 Å². The number of carbonyl (C=O) groups excluding carboxylic acids is 1. The Bertz CT molecular complexity index is 1030. The number of rotatable bonds is 3. The van der Waals surface area contributed by atoms with Crippen LogP contribution in [0.2, 0.25) is 10.0 Å². The van der Waals surface area contributed by atoms with Crippen molar-refractivity contribution in [1.29, 1.82) is 0 Å². The van der Waals surface area contributed by atoms with Crippen LogP contribution in [0.3, 0.4) is 0 Å². The monoisotopic (exact) mass is 425 g/mol. The van der Waals surface area contributed by atoms with Gasteiger partial charge in [-0.3, -0.25) is 9.69 Å². The number of hydrogen-bond acceptors (Lipinski definition) is 2. The third-order valence-electron chi connectivity index (χ3n) is 4.54. The highest BCUT2D eigenvalue weighted by atomic mass is 35.5. The molecule has 1 unspecified atom stereocenters. The molecule has 1 fully saturated rings. The molecule has 0 N–H and O–H groups in total. The van der Waals surface area contributed by atoms with Gasteiger partial charge in [0.2, 0.25) is 0 Å². The number of thioether (sulfide) groups is 1. The summed E-state index contributed by atoms with van der Waals surface area (Å²) < 4.78 is 0. The van der Waals surface area contributed by atoms with Gasteiger partial charge in [0.1, 0.15) is 5.37 Å². The molecule has 0 bridgehead atoms. The first-order chi connectivity index (χ1) is 13.5. The van der Waals surface area contributed by atoms with Crippen molar-refractivity contribution in [3.8, 4) is 0 Å². The third kappa shape index (κ3) is 3.97. The molecule has 4 rings (SSSR count). The van der Waals surface area contributed by atoms with Crippen molar-refractivity contribution < 1.29 is 4.79 Å². The van der Waals surface area contributed by atoms with Crippen LogP contribution >= 0.6 is 35.0 Å². The highest BCUT2D eigenvalue weighted by Gasteiger charge is 2.38. The Hall–Kier alpha value is -2.20. The largest absolute Gasteiger partial charge is 0.291 e. The Balaban J connectivity index is 1.75. The van der Waals surface area contributed by atoms with E-state index in [1.165, 1.54) is 0 Å². The normalized spacial score (nSPS) is 18.1. The van der Waals surface area contributed by atoms with Gasteiger partial charge in [0.25, 0.3) is 5.91 Å². The minimum atomic E-state index is -0.147. The van der Waals surface area contributed by atoms with Crippen molar-refractivity contribution in [3.05, 3.63) is 104 Å². The quantitative estimate of drug-likeness (QED) is 0.416. The first kappa shape index (κ1) is 19.1. The maximum Gasteiger partial charge on any atom is 0.266 e. The fourth-order valence-electron chi connectivity index (χ4n) is 3.06. The molecule has 1 atom stereocenters. The molecule has 1 heterocycles. The summed E-state index contributed by atoms with van der Waals surface area (Å²) in [6, 6.07) is 23.2. The van der Waals surface area contributed by atoms with E-state index in [4.69, 9.17) is 23.2 Å². The standard InChI is InChI=1S/C23H17Cl2NOS/c1-15-2-12-20(13-3-15)26-22(27)21(14-16-4-8-18(24)9-5-16)28-23(26)17-6-10-19(25)11-7-17/h2-14,23H,1H3/b21-14+. The molecule has 0 saturated carbocycles. The van der Waals surface area contributed by atoms with Gasteiger partial charge in [-0.1, -0.05) is 76.9 Å². The number of benzene rings is 3. The Morgan fingerprint density at radius 1 is 0.857 bits per heavy atom. The predicted molar refractivity (Wildman–Crippen MR) is 120 cm³/mol. The van der Waals surface area contributed by atoms with Crippen molar-refractivity contribution in [2.75, 3.05) is 4.90 Å². The molecule has 28 heavy (non-hydrogen) atoms. The summed E-state index contributed by atoms with van der Waals surface area (Å²) in [5, 5.41) is 1.20. The molecule has 0 aliphatic carbocycles. The van der Waals surface area contributed by atoms with Crippen LogP contribution in [0.1, 0.15) is 22.1 Å². The maximum atomic E-state index is 13.3. The Morgan fingerprint density at radius 2 is 1.43 bits per heavy atom. The second kappa shape index (κ2) is 8.04. The molecule has 3 aromatic rings. The van der Waals surface area contributed by atoms with Gasteiger partial charge in [0, 0.05) is 15.7 Å². The number of nitrogens with zero attached hydrogens (tertiary/aromatic N) is 1. The lowest BCUT2D eigenvalue weighted by atomic mass is 10.1. The van der Waals surface area contributed by atoms with Gasteiger partial charge >= 0.3 is 0 Å². The summed E-state index contributed by atoms with van der Waals surface area (Å²) in [5.41, 5.74) is 4.01. The van der Waals surface area contributed by atoms with Crippen LogP contribution < -0.4 is 4.90 Å². The van der Waals surface area contributed by atoms with Crippen LogP contribution in [0.25, 0.3) is 6.08 Å². The van der Waals surface area contributed by atoms with E-state index in [9.17, 15) is 4.79 Å². The van der Waals surface area contributed by atoms with E-state index in [1.807, 2.05) is 90.7 Å².